The molecule has 0 fully saturated rings. The summed E-state index contributed by atoms with van der Waals surface area (Å²) >= 11 is 0. The molecule has 0 rings (SSSR count). The maximum atomic E-state index is 3.51. The van der Waals surface area contributed by atoms with Crippen molar-refractivity contribution in [1.29, 1.82) is 0 Å². The SMILES string of the molecule is C=[C]CCCC=CC. The third-order valence-corrected chi connectivity index (χ3v) is 0.960. The fraction of sp³-hybridized carbons (Fsp3) is 0.500. The summed E-state index contributed by atoms with van der Waals surface area (Å²) in [4.78, 5) is 0. The number of rotatable bonds is 4. The van der Waals surface area contributed by atoms with Gasteiger partial charge in [0.05, 0.1) is 0 Å². The van der Waals surface area contributed by atoms with Crippen molar-refractivity contribution in [2.75, 3.05) is 0 Å². The van der Waals surface area contributed by atoms with Gasteiger partial charge in [0.2, 0.25) is 0 Å². The molecule has 45 valence electrons. The van der Waals surface area contributed by atoms with Crippen LogP contribution in [0.4, 0.5) is 0 Å². The summed E-state index contributed by atoms with van der Waals surface area (Å²) in [6.45, 7) is 5.55. The lowest BCUT2D eigenvalue weighted by Crippen LogP contribution is -1.66. The van der Waals surface area contributed by atoms with Crippen LogP contribution in [0.3, 0.4) is 0 Å². The molecule has 0 N–H and O–H groups in total. The molecule has 1 radical (unpaired) electrons. The standard InChI is InChI=1S/C8H13/c1-3-5-7-8-6-4-2/h4,6H,1,5,7-8H2,2H3. The highest BCUT2D eigenvalue weighted by atomic mass is 13.8. The normalized spacial score (nSPS) is 10.1. The van der Waals surface area contributed by atoms with E-state index in [9.17, 15) is 0 Å². The predicted octanol–water partition coefficient (Wildman–Crippen LogP) is 2.72. The smallest absolute Gasteiger partial charge is 0.0279 e. The van der Waals surface area contributed by atoms with E-state index < -0.39 is 0 Å². The van der Waals surface area contributed by atoms with Gasteiger partial charge in [-0.3, -0.25) is 0 Å². The van der Waals surface area contributed by atoms with Gasteiger partial charge >= 0.3 is 0 Å². The van der Waals surface area contributed by atoms with E-state index in [-0.39, 0.29) is 0 Å². The molecule has 0 saturated carbocycles. The molecule has 8 heavy (non-hydrogen) atoms. The summed E-state index contributed by atoms with van der Waals surface area (Å²) in [7, 11) is 0. The third-order valence-electron chi connectivity index (χ3n) is 0.960. The average Bonchev–Trinajstić information content (AvgIpc) is 1.81. The van der Waals surface area contributed by atoms with Gasteiger partial charge in [0.25, 0.3) is 0 Å². The molecule has 0 aliphatic carbocycles. The first kappa shape index (κ1) is 7.48. The van der Waals surface area contributed by atoms with Crippen LogP contribution in [0.15, 0.2) is 18.7 Å². The zero-order valence-corrected chi connectivity index (χ0v) is 5.48. The number of allylic oxidation sites excluding steroid dienone is 3. The van der Waals surface area contributed by atoms with Crippen molar-refractivity contribution in [3.8, 4) is 0 Å². The molecular formula is C8H13. The summed E-state index contributed by atoms with van der Waals surface area (Å²) in [5, 5.41) is 0. The van der Waals surface area contributed by atoms with E-state index in [2.05, 4.69) is 24.8 Å². The van der Waals surface area contributed by atoms with Gasteiger partial charge in [0, 0.05) is 0 Å². The van der Waals surface area contributed by atoms with E-state index in [1.165, 1.54) is 12.8 Å². The molecule has 0 aliphatic rings. The Hall–Kier alpha value is -0.520. The maximum absolute atomic E-state index is 3.51. The van der Waals surface area contributed by atoms with Crippen molar-refractivity contribution in [2.45, 2.75) is 26.2 Å². The molecule has 0 bridgehead atoms. The molecule has 0 spiro atoms. The lowest BCUT2D eigenvalue weighted by atomic mass is 10.2. The van der Waals surface area contributed by atoms with Crippen molar-refractivity contribution in [3.05, 3.63) is 24.8 Å². The highest BCUT2D eigenvalue weighted by Gasteiger charge is 1.76. The molecule has 0 aliphatic heterocycles. The van der Waals surface area contributed by atoms with Gasteiger partial charge in [-0.2, -0.15) is 0 Å². The van der Waals surface area contributed by atoms with Crippen molar-refractivity contribution in [1.82, 2.24) is 0 Å². The van der Waals surface area contributed by atoms with E-state index in [0.29, 0.717) is 0 Å². The highest BCUT2D eigenvalue weighted by molar-refractivity contribution is 4.76. The van der Waals surface area contributed by atoms with Gasteiger partial charge in [-0.1, -0.05) is 24.8 Å². The van der Waals surface area contributed by atoms with Crippen LogP contribution in [0.25, 0.3) is 0 Å². The minimum absolute atomic E-state index is 1.02. The fourth-order valence-electron chi connectivity index (χ4n) is 0.512. The largest absolute Gasteiger partial charge is 0.0956 e. The van der Waals surface area contributed by atoms with E-state index in [1.54, 1.807) is 0 Å². The van der Waals surface area contributed by atoms with E-state index >= 15 is 0 Å². The van der Waals surface area contributed by atoms with Crippen LogP contribution in [0.5, 0.6) is 0 Å². The van der Waals surface area contributed by atoms with Crippen LogP contribution < -0.4 is 0 Å². The van der Waals surface area contributed by atoms with Crippen LogP contribution in [0, 0.1) is 6.08 Å². The van der Waals surface area contributed by atoms with E-state index in [0.717, 1.165) is 6.42 Å². The molecule has 0 amide bonds. The Labute approximate surface area is 51.9 Å². The minimum Gasteiger partial charge on any atom is -0.0956 e. The first-order valence-corrected chi connectivity index (χ1v) is 3.03. The number of hydrogen-bond donors (Lipinski definition) is 0. The van der Waals surface area contributed by atoms with Gasteiger partial charge in [-0.25, -0.2) is 0 Å². The number of hydrogen-bond acceptors (Lipinski definition) is 0. The summed E-state index contributed by atoms with van der Waals surface area (Å²) in [5.74, 6) is 0. The van der Waals surface area contributed by atoms with Crippen molar-refractivity contribution in [3.63, 3.8) is 0 Å². The quantitative estimate of drug-likeness (QED) is 0.384. The Morgan fingerprint density at radius 1 is 1.62 bits per heavy atom. The van der Waals surface area contributed by atoms with Gasteiger partial charge in [-0.15, -0.1) is 0 Å². The Bertz CT molecular complexity index is 70.1. The van der Waals surface area contributed by atoms with E-state index in [1.807, 2.05) is 6.92 Å². The molecule has 0 heteroatoms. The average molecular weight is 109 g/mol. The number of unbranched alkanes of at least 4 members (excludes halogenated alkanes) is 2. The maximum Gasteiger partial charge on any atom is -0.0279 e. The van der Waals surface area contributed by atoms with Crippen LogP contribution in [-0.2, 0) is 0 Å². The van der Waals surface area contributed by atoms with Crippen LogP contribution >= 0.6 is 0 Å². The Morgan fingerprint density at radius 3 is 2.88 bits per heavy atom. The molecule has 0 unspecified atom stereocenters. The van der Waals surface area contributed by atoms with Crippen LogP contribution in [0.2, 0.25) is 0 Å². The summed E-state index contributed by atoms with van der Waals surface area (Å²) in [6, 6.07) is 0. The van der Waals surface area contributed by atoms with Gasteiger partial charge in [-0.05, 0) is 26.2 Å². The summed E-state index contributed by atoms with van der Waals surface area (Å²) in [6.07, 6.45) is 10.5. The minimum atomic E-state index is 1.02. The predicted molar refractivity (Wildman–Crippen MR) is 37.5 cm³/mol. The second kappa shape index (κ2) is 6.48. The topological polar surface area (TPSA) is 0 Å². The van der Waals surface area contributed by atoms with Crippen LogP contribution in [-0.4, -0.2) is 0 Å². The Morgan fingerprint density at radius 2 is 2.38 bits per heavy atom. The second-order valence-corrected chi connectivity index (χ2v) is 1.71. The molecule has 0 saturated heterocycles. The van der Waals surface area contributed by atoms with Crippen molar-refractivity contribution < 1.29 is 0 Å². The van der Waals surface area contributed by atoms with Gasteiger partial charge in [0.15, 0.2) is 0 Å². The van der Waals surface area contributed by atoms with Crippen molar-refractivity contribution in [2.24, 2.45) is 0 Å². The molecule has 0 heterocycles. The van der Waals surface area contributed by atoms with Gasteiger partial charge in [0.1, 0.15) is 0 Å². The Kier molecular flexibility index (Phi) is 6.06. The highest BCUT2D eigenvalue weighted by Crippen LogP contribution is 1.94. The molecule has 0 aromatic rings. The fourth-order valence-corrected chi connectivity index (χ4v) is 0.512. The zero-order chi connectivity index (χ0) is 6.24. The molecule has 0 nitrogen and oxygen atoms in total. The molecule has 0 aromatic carbocycles. The lowest BCUT2D eigenvalue weighted by molar-refractivity contribution is 0.856. The summed E-state index contributed by atoms with van der Waals surface area (Å²) < 4.78 is 0. The van der Waals surface area contributed by atoms with Crippen molar-refractivity contribution >= 4 is 0 Å². The molecule has 0 atom stereocenters. The van der Waals surface area contributed by atoms with Gasteiger partial charge < -0.3 is 0 Å². The summed E-state index contributed by atoms with van der Waals surface area (Å²) in [5.41, 5.74) is 0. The van der Waals surface area contributed by atoms with E-state index in [4.69, 9.17) is 0 Å². The lowest BCUT2D eigenvalue weighted by Gasteiger charge is -1.85. The first-order valence-electron chi connectivity index (χ1n) is 3.03. The second-order valence-electron chi connectivity index (χ2n) is 1.71. The Balaban J connectivity index is 2.82. The zero-order valence-electron chi connectivity index (χ0n) is 5.48. The van der Waals surface area contributed by atoms with Crippen LogP contribution in [0.1, 0.15) is 26.2 Å². The molecule has 0 aromatic heterocycles. The third kappa shape index (κ3) is 5.48. The first-order chi connectivity index (χ1) is 3.91. The monoisotopic (exact) mass is 109 g/mol. The molecular weight excluding hydrogens is 96.1 g/mol.